The second kappa shape index (κ2) is 4.65. The van der Waals surface area contributed by atoms with E-state index < -0.39 is 0 Å². The average molecular weight is 269 g/mol. The van der Waals surface area contributed by atoms with Crippen LogP contribution in [0.3, 0.4) is 0 Å². The zero-order valence-corrected chi connectivity index (χ0v) is 10.3. The molecule has 0 saturated carbocycles. The Labute approximate surface area is 97.9 Å². The van der Waals surface area contributed by atoms with E-state index in [2.05, 4.69) is 27.3 Å². The van der Waals surface area contributed by atoms with Crippen molar-refractivity contribution in [1.82, 2.24) is 0 Å². The second-order valence-corrected chi connectivity index (χ2v) is 4.83. The van der Waals surface area contributed by atoms with E-state index in [-0.39, 0.29) is 12.1 Å². The molecular weight excluding hydrogens is 256 g/mol. The fraction of sp³-hybridized carbons (Fsp3) is 0.364. The zero-order chi connectivity index (χ0) is 11.5. The molecule has 80 valence electrons. The van der Waals surface area contributed by atoms with Gasteiger partial charge >= 0.3 is 0 Å². The van der Waals surface area contributed by atoms with E-state index in [1.54, 1.807) is 12.1 Å². The molecule has 0 heterocycles. The summed E-state index contributed by atoms with van der Waals surface area (Å²) in [5, 5.41) is 21.0. The predicted molar refractivity (Wildman–Crippen MR) is 63.6 cm³/mol. The highest BCUT2D eigenvalue weighted by Crippen LogP contribution is 2.26. The van der Waals surface area contributed by atoms with Crippen molar-refractivity contribution in [3.8, 4) is 6.07 Å². The topological polar surface area (TPSA) is 56.0 Å². The highest BCUT2D eigenvalue weighted by molar-refractivity contribution is 9.10. The fourth-order valence-corrected chi connectivity index (χ4v) is 1.57. The third-order valence-corrected chi connectivity index (χ3v) is 2.62. The number of aliphatic hydroxyl groups is 1. The Balaban J connectivity index is 2.93. The molecule has 0 amide bonds. The van der Waals surface area contributed by atoms with Gasteiger partial charge in [0.15, 0.2) is 0 Å². The van der Waals surface area contributed by atoms with Crippen LogP contribution in [0.5, 0.6) is 0 Å². The number of aliphatic hydroxyl groups excluding tert-OH is 1. The maximum absolute atomic E-state index is 9.12. The maximum Gasteiger partial charge on any atom is 0.0992 e. The Morgan fingerprint density at radius 3 is 2.67 bits per heavy atom. The molecule has 1 aromatic carbocycles. The monoisotopic (exact) mass is 268 g/mol. The summed E-state index contributed by atoms with van der Waals surface area (Å²) in [7, 11) is 0. The van der Waals surface area contributed by atoms with Crippen LogP contribution in [0.1, 0.15) is 19.4 Å². The summed E-state index contributed by atoms with van der Waals surface area (Å²) in [6, 6.07) is 7.37. The van der Waals surface area contributed by atoms with Gasteiger partial charge in [0.25, 0.3) is 0 Å². The minimum Gasteiger partial charge on any atom is -0.394 e. The van der Waals surface area contributed by atoms with Crippen molar-refractivity contribution in [2.24, 2.45) is 0 Å². The molecule has 0 aliphatic heterocycles. The van der Waals surface area contributed by atoms with Crippen LogP contribution in [0.25, 0.3) is 0 Å². The van der Waals surface area contributed by atoms with Crippen molar-refractivity contribution in [3.63, 3.8) is 0 Å². The molecule has 0 radical (unpaired) electrons. The Bertz CT molecular complexity index is 396. The molecule has 0 unspecified atom stereocenters. The lowest BCUT2D eigenvalue weighted by atomic mass is 10.1. The molecular formula is C11H13BrN2O. The SMILES string of the molecule is CC(C)(CO)Nc1ccc(C#N)cc1Br. The smallest absolute Gasteiger partial charge is 0.0992 e. The molecule has 0 aliphatic rings. The Morgan fingerprint density at radius 1 is 1.53 bits per heavy atom. The Kier molecular flexibility index (Phi) is 3.72. The zero-order valence-electron chi connectivity index (χ0n) is 8.71. The summed E-state index contributed by atoms with van der Waals surface area (Å²) in [5.74, 6) is 0. The number of nitrogens with one attached hydrogen (secondary N) is 1. The molecule has 2 N–H and O–H groups in total. The predicted octanol–water partition coefficient (Wildman–Crippen LogP) is 2.50. The van der Waals surface area contributed by atoms with E-state index in [0.29, 0.717) is 5.56 Å². The summed E-state index contributed by atoms with van der Waals surface area (Å²) in [6.07, 6.45) is 0. The van der Waals surface area contributed by atoms with E-state index in [4.69, 9.17) is 10.4 Å². The fourth-order valence-electron chi connectivity index (χ4n) is 1.09. The molecule has 0 bridgehead atoms. The van der Waals surface area contributed by atoms with E-state index in [1.807, 2.05) is 19.9 Å². The van der Waals surface area contributed by atoms with Crippen LogP contribution in [0.4, 0.5) is 5.69 Å². The first-order chi connectivity index (χ1) is 6.98. The third-order valence-electron chi connectivity index (χ3n) is 1.97. The van der Waals surface area contributed by atoms with Crippen LogP contribution < -0.4 is 5.32 Å². The number of nitrogens with zero attached hydrogens (tertiary/aromatic N) is 1. The van der Waals surface area contributed by atoms with Gasteiger partial charge in [-0.15, -0.1) is 0 Å². The van der Waals surface area contributed by atoms with Gasteiger partial charge in [-0.2, -0.15) is 5.26 Å². The molecule has 0 saturated heterocycles. The Hall–Kier alpha value is -1.05. The largest absolute Gasteiger partial charge is 0.394 e. The van der Waals surface area contributed by atoms with Gasteiger partial charge in [-0.25, -0.2) is 0 Å². The van der Waals surface area contributed by atoms with E-state index in [1.165, 1.54) is 0 Å². The molecule has 0 atom stereocenters. The lowest BCUT2D eigenvalue weighted by Crippen LogP contribution is -2.35. The van der Waals surface area contributed by atoms with Gasteiger partial charge in [-0.3, -0.25) is 0 Å². The van der Waals surface area contributed by atoms with Crippen LogP contribution in [0, 0.1) is 11.3 Å². The second-order valence-electron chi connectivity index (χ2n) is 3.97. The van der Waals surface area contributed by atoms with Crippen LogP contribution in [0.15, 0.2) is 22.7 Å². The minimum absolute atomic E-state index is 0.0411. The van der Waals surface area contributed by atoms with E-state index in [0.717, 1.165) is 10.2 Å². The highest BCUT2D eigenvalue weighted by atomic mass is 79.9. The minimum atomic E-state index is -0.378. The van der Waals surface area contributed by atoms with E-state index in [9.17, 15) is 0 Å². The van der Waals surface area contributed by atoms with Gasteiger partial charge in [0.05, 0.1) is 23.8 Å². The first kappa shape index (κ1) is 12.0. The van der Waals surface area contributed by atoms with Gasteiger partial charge in [0.2, 0.25) is 0 Å². The van der Waals surface area contributed by atoms with Crippen molar-refractivity contribution >= 4 is 21.6 Å². The van der Waals surface area contributed by atoms with Crippen molar-refractivity contribution < 1.29 is 5.11 Å². The number of nitriles is 1. The van der Waals surface area contributed by atoms with Crippen LogP contribution in [0.2, 0.25) is 0 Å². The summed E-state index contributed by atoms with van der Waals surface area (Å²) in [6.45, 7) is 3.84. The number of benzene rings is 1. The van der Waals surface area contributed by atoms with Crippen molar-refractivity contribution in [3.05, 3.63) is 28.2 Å². The van der Waals surface area contributed by atoms with Crippen LogP contribution >= 0.6 is 15.9 Å². The molecule has 4 heteroatoms. The van der Waals surface area contributed by atoms with Gasteiger partial charge in [-0.1, -0.05) is 0 Å². The molecule has 0 aliphatic carbocycles. The molecule has 0 fully saturated rings. The van der Waals surface area contributed by atoms with E-state index >= 15 is 0 Å². The third kappa shape index (κ3) is 3.22. The quantitative estimate of drug-likeness (QED) is 0.886. The van der Waals surface area contributed by atoms with Gasteiger partial charge in [-0.05, 0) is 48.0 Å². The highest BCUT2D eigenvalue weighted by Gasteiger charge is 2.16. The summed E-state index contributed by atoms with van der Waals surface area (Å²) in [4.78, 5) is 0. The first-order valence-electron chi connectivity index (χ1n) is 4.57. The standard InChI is InChI=1S/C11H13BrN2O/c1-11(2,7-15)14-10-4-3-8(6-13)5-9(10)12/h3-5,14-15H,7H2,1-2H3. The normalized spacial score (nSPS) is 10.9. The molecule has 1 rings (SSSR count). The number of halogens is 1. The van der Waals surface area contributed by atoms with Gasteiger partial charge in [0, 0.05) is 10.2 Å². The van der Waals surface area contributed by atoms with Crippen molar-refractivity contribution in [2.45, 2.75) is 19.4 Å². The number of hydrogen-bond donors (Lipinski definition) is 2. The summed E-state index contributed by atoms with van der Waals surface area (Å²) in [5.41, 5.74) is 1.10. The van der Waals surface area contributed by atoms with Crippen LogP contribution in [-0.2, 0) is 0 Å². The molecule has 1 aromatic rings. The number of rotatable bonds is 3. The van der Waals surface area contributed by atoms with Crippen LogP contribution in [-0.4, -0.2) is 17.3 Å². The first-order valence-corrected chi connectivity index (χ1v) is 5.36. The molecule has 15 heavy (non-hydrogen) atoms. The average Bonchev–Trinajstić information content (AvgIpc) is 2.21. The lowest BCUT2D eigenvalue weighted by molar-refractivity contribution is 0.234. The molecule has 3 nitrogen and oxygen atoms in total. The number of anilines is 1. The lowest BCUT2D eigenvalue weighted by Gasteiger charge is -2.25. The summed E-state index contributed by atoms with van der Waals surface area (Å²) >= 11 is 3.37. The summed E-state index contributed by atoms with van der Waals surface area (Å²) < 4.78 is 0.822. The molecule has 0 spiro atoms. The van der Waals surface area contributed by atoms with Gasteiger partial charge in [0.1, 0.15) is 0 Å². The van der Waals surface area contributed by atoms with Crippen molar-refractivity contribution in [2.75, 3.05) is 11.9 Å². The Morgan fingerprint density at radius 2 is 2.20 bits per heavy atom. The number of hydrogen-bond acceptors (Lipinski definition) is 3. The van der Waals surface area contributed by atoms with Crippen molar-refractivity contribution in [1.29, 1.82) is 5.26 Å². The molecule has 0 aromatic heterocycles. The maximum atomic E-state index is 9.12. The van der Waals surface area contributed by atoms with Gasteiger partial charge < -0.3 is 10.4 Å².